The maximum Gasteiger partial charge on any atom is 0.288 e. The summed E-state index contributed by atoms with van der Waals surface area (Å²) in [4.78, 5) is 21.2. The topological polar surface area (TPSA) is 120 Å². The molecule has 0 aliphatic carbocycles. The molecule has 0 radical (unpaired) electrons. The SMILES string of the molecule is O=[N+]([O-])c1cc(-c2ccccc2S(=O)(=O)c2ccccc2-c2ccc(Cl)c([N+](=O)[O-])c2)ccc1Cl. The maximum absolute atomic E-state index is 13.9. The third-order valence-electron chi connectivity index (χ3n) is 5.26. The molecule has 176 valence electrons. The van der Waals surface area contributed by atoms with E-state index in [-0.39, 0.29) is 42.3 Å². The van der Waals surface area contributed by atoms with Gasteiger partial charge in [-0.25, -0.2) is 8.42 Å². The summed E-state index contributed by atoms with van der Waals surface area (Å²) in [6.45, 7) is 0. The van der Waals surface area contributed by atoms with Crippen molar-refractivity contribution >= 4 is 44.4 Å². The molecular formula is C24H14Cl2N2O6S. The van der Waals surface area contributed by atoms with Crippen LogP contribution in [0.15, 0.2) is 94.7 Å². The van der Waals surface area contributed by atoms with Gasteiger partial charge in [-0.3, -0.25) is 20.2 Å². The van der Waals surface area contributed by atoms with E-state index in [0.717, 1.165) is 0 Å². The van der Waals surface area contributed by atoms with Crippen molar-refractivity contribution in [3.05, 3.63) is 115 Å². The highest BCUT2D eigenvalue weighted by molar-refractivity contribution is 7.91. The van der Waals surface area contributed by atoms with Crippen LogP contribution in [0.4, 0.5) is 11.4 Å². The van der Waals surface area contributed by atoms with Gasteiger partial charge in [0.15, 0.2) is 0 Å². The number of rotatable bonds is 6. The lowest BCUT2D eigenvalue weighted by Crippen LogP contribution is -2.06. The molecule has 0 fully saturated rings. The number of sulfone groups is 1. The van der Waals surface area contributed by atoms with E-state index in [0.29, 0.717) is 11.1 Å². The van der Waals surface area contributed by atoms with E-state index >= 15 is 0 Å². The molecule has 35 heavy (non-hydrogen) atoms. The second-order valence-corrected chi connectivity index (χ2v) is 10.0. The minimum absolute atomic E-state index is 0.0752. The van der Waals surface area contributed by atoms with Crippen LogP contribution in [0.3, 0.4) is 0 Å². The van der Waals surface area contributed by atoms with E-state index in [1.807, 2.05) is 0 Å². The summed E-state index contributed by atoms with van der Waals surface area (Å²) >= 11 is 11.8. The first-order valence-corrected chi connectivity index (χ1v) is 12.2. The van der Waals surface area contributed by atoms with Crippen LogP contribution in [-0.4, -0.2) is 18.3 Å². The molecule has 0 aromatic heterocycles. The lowest BCUT2D eigenvalue weighted by Gasteiger charge is -2.14. The van der Waals surface area contributed by atoms with Crippen molar-refractivity contribution in [3.63, 3.8) is 0 Å². The Kier molecular flexibility index (Phi) is 6.58. The fraction of sp³-hybridized carbons (Fsp3) is 0. The largest absolute Gasteiger partial charge is 0.288 e. The Balaban J connectivity index is 1.92. The molecule has 8 nitrogen and oxygen atoms in total. The molecule has 0 unspecified atom stereocenters. The summed E-state index contributed by atoms with van der Waals surface area (Å²) < 4.78 is 27.7. The van der Waals surface area contributed by atoms with Crippen LogP contribution in [0.2, 0.25) is 10.0 Å². The van der Waals surface area contributed by atoms with Crippen molar-refractivity contribution in [3.8, 4) is 22.3 Å². The van der Waals surface area contributed by atoms with Crippen LogP contribution in [0.25, 0.3) is 22.3 Å². The molecule has 0 bridgehead atoms. The molecule has 0 saturated heterocycles. The van der Waals surface area contributed by atoms with E-state index in [9.17, 15) is 28.6 Å². The maximum atomic E-state index is 13.9. The molecule has 4 aromatic carbocycles. The molecule has 0 amide bonds. The lowest BCUT2D eigenvalue weighted by molar-refractivity contribution is -0.384. The summed E-state index contributed by atoms with van der Waals surface area (Å²) in [6, 6.07) is 20.3. The van der Waals surface area contributed by atoms with E-state index in [1.165, 1.54) is 72.8 Å². The van der Waals surface area contributed by atoms with Gasteiger partial charge in [0.25, 0.3) is 11.4 Å². The van der Waals surface area contributed by atoms with Gasteiger partial charge in [0.05, 0.1) is 19.6 Å². The van der Waals surface area contributed by atoms with Crippen LogP contribution < -0.4 is 0 Å². The molecule has 0 heterocycles. The molecule has 0 aliphatic heterocycles. The van der Waals surface area contributed by atoms with Crippen LogP contribution in [0, 0.1) is 20.2 Å². The van der Waals surface area contributed by atoms with Crippen molar-refractivity contribution in [1.82, 2.24) is 0 Å². The first-order valence-electron chi connectivity index (χ1n) is 9.93. The number of benzene rings is 4. The first kappa shape index (κ1) is 24.3. The smallest absolute Gasteiger partial charge is 0.258 e. The Morgan fingerprint density at radius 2 is 0.971 bits per heavy atom. The number of hydrogen-bond acceptors (Lipinski definition) is 6. The van der Waals surface area contributed by atoms with Crippen molar-refractivity contribution in [2.75, 3.05) is 0 Å². The van der Waals surface area contributed by atoms with Gasteiger partial charge in [-0.15, -0.1) is 0 Å². The second-order valence-electron chi connectivity index (χ2n) is 7.34. The molecule has 0 spiro atoms. The molecule has 11 heteroatoms. The summed E-state index contributed by atoms with van der Waals surface area (Å²) in [5.41, 5.74) is 0.351. The molecule has 4 aromatic rings. The first-order chi connectivity index (χ1) is 16.6. The van der Waals surface area contributed by atoms with E-state index in [4.69, 9.17) is 23.2 Å². The second kappa shape index (κ2) is 9.46. The van der Waals surface area contributed by atoms with Gasteiger partial charge in [-0.1, -0.05) is 71.7 Å². The number of nitro benzene ring substituents is 2. The van der Waals surface area contributed by atoms with E-state index in [1.54, 1.807) is 12.1 Å². The molecular weight excluding hydrogens is 515 g/mol. The Labute approximate surface area is 209 Å². The molecule has 0 atom stereocenters. The van der Waals surface area contributed by atoms with Crippen molar-refractivity contribution in [1.29, 1.82) is 0 Å². The zero-order chi connectivity index (χ0) is 25.3. The Morgan fingerprint density at radius 1 is 0.600 bits per heavy atom. The van der Waals surface area contributed by atoms with Crippen LogP contribution >= 0.6 is 23.2 Å². The van der Waals surface area contributed by atoms with Gasteiger partial charge in [0.2, 0.25) is 9.84 Å². The summed E-state index contributed by atoms with van der Waals surface area (Å²) in [5.74, 6) is 0. The third kappa shape index (κ3) is 4.61. The molecule has 4 rings (SSSR count). The van der Waals surface area contributed by atoms with Gasteiger partial charge in [0.1, 0.15) is 10.0 Å². The predicted molar refractivity (Wildman–Crippen MR) is 133 cm³/mol. The normalized spacial score (nSPS) is 11.3. The lowest BCUT2D eigenvalue weighted by atomic mass is 10.0. The standard InChI is InChI=1S/C24H14Cl2N2O6S/c25-19-11-9-15(13-21(19)27(29)30)17-5-1-3-7-23(17)35(33,34)24-8-4-2-6-18(24)16-10-12-20(26)22(14-16)28(31)32/h1-14H. The predicted octanol–water partition coefficient (Wildman–Crippen LogP) is 6.98. The van der Waals surface area contributed by atoms with Gasteiger partial charge in [0, 0.05) is 23.3 Å². The fourth-order valence-corrected chi connectivity index (χ4v) is 5.71. The van der Waals surface area contributed by atoms with Crippen molar-refractivity contribution < 1.29 is 18.3 Å². The van der Waals surface area contributed by atoms with Gasteiger partial charge in [-0.2, -0.15) is 0 Å². The number of nitro groups is 2. The van der Waals surface area contributed by atoms with E-state index < -0.39 is 19.7 Å². The van der Waals surface area contributed by atoms with Gasteiger partial charge in [-0.05, 0) is 35.4 Å². The van der Waals surface area contributed by atoms with Crippen molar-refractivity contribution in [2.24, 2.45) is 0 Å². The zero-order valence-corrected chi connectivity index (χ0v) is 19.9. The van der Waals surface area contributed by atoms with Crippen LogP contribution in [-0.2, 0) is 9.84 Å². The number of halogens is 2. The van der Waals surface area contributed by atoms with Gasteiger partial charge < -0.3 is 0 Å². The average Bonchev–Trinajstić information content (AvgIpc) is 2.84. The van der Waals surface area contributed by atoms with E-state index in [2.05, 4.69) is 0 Å². The Morgan fingerprint density at radius 3 is 1.34 bits per heavy atom. The Hall–Kier alpha value is -3.79. The zero-order valence-electron chi connectivity index (χ0n) is 17.6. The quantitative estimate of drug-likeness (QED) is 0.196. The van der Waals surface area contributed by atoms with Crippen LogP contribution in [0.5, 0.6) is 0 Å². The summed E-state index contributed by atoms with van der Waals surface area (Å²) in [7, 11) is -4.19. The van der Waals surface area contributed by atoms with Gasteiger partial charge >= 0.3 is 0 Å². The highest BCUT2D eigenvalue weighted by Gasteiger charge is 2.27. The number of nitrogens with zero attached hydrogens (tertiary/aromatic N) is 2. The third-order valence-corrected chi connectivity index (χ3v) is 7.77. The fourth-order valence-electron chi connectivity index (χ4n) is 3.64. The molecule has 0 saturated carbocycles. The molecule has 0 aliphatic rings. The molecule has 0 N–H and O–H groups in total. The minimum Gasteiger partial charge on any atom is -0.258 e. The number of hydrogen-bond donors (Lipinski definition) is 0. The highest BCUT2D eigenvalue weighted by atomic mass is 35.5. The van der Waals surface area contributed by atoms with Crippen LogP contribution in [0.1, 0.15) is 0 Å². The summed E-state index contributed by atoms with van der Waals surface area (Å²) in [6.07, 6.45) is 0. The summed E-state index contributed by atoms with van der Waals surface area (Å²) in [5, 5.41) is 22.6. The van der Waals surface area contributed by atoms with Crippen molar-refractivity contribution in [2.45, 2.75) is 9.79 Å². The minimum atomic E-state index is -4.19. The monoisotopic (exact) mass is 528 g/mol. The average molecular weight is 529 g/mol. The Bertz CT molecular complexity index is 1490. The highest BCUT2D eigenvalue weighted by Crippen LogP contribution is 2.39.